The zero-order valence-electron chi connectivity index (χ0n) is 14.7. The van der Waals surface area contributed by atoms with Gasteiger partial charge in [0.2, 0.25) is 5.89 Å². The highest BCUT2D eigenvalue weighted by atomic mass is 35.5. The van der Waals surface area contributed by atoms with Crippen molar-refractivity contribution in [3.05, 3.63) is 28.4 Å². The number of nitrogens with one attached hydrogen (secondary N) is 1. The molecule has 0 bridgehead atoms. The number of aryl methyl sites for hydroxylation is 1. The Bertz CT molecular complexity index is 666. The summed E-state index contributed by atoms with van der Waals surface area (Å²) < 4.78 is 5.50. The summed E-state index contributed by atoms with van der Waals surface area (Å²) in [5.41, 5.74) is 0.985. The molecule has 0 unspecified atom stereocenters. The van der Waals surface area contributed by atoms with E-state index >= 15 is 0 Å². The van der Waals surface area contributed by atoms with E-state index in [0.717, 1.165) is 68.4 Å². The minimum atomic E-state index is 0.170. The number of halogens is 1. The van der Waals surface area contributed by atoms with Gasteiger partial charge in [-0.05, 0) is 25.8 Å². The first-order valence-corrected chi connectivity index (χ1v) is 9.27. The van der Waals surface area contributed by atoms with Crippen molar-refractivity contribution in [1.82, 2.24) is 25.0 Å². The molecule has 1 aliphatic rings. The second-order valence-corrected chi connectivity index (χ2v) is 7.19. The summed E-state index contributed by atoms with van der Waals surface area (Å²) in [6.45, 7) is 8.06. The third kappa shape index (κ3) is 3.81. The molecule has 2 aromatic rings. The molecule has 0 amide bonds. The van der Waals surface area contributed by atoms with Crippen LogP contribution in [0.25, 0.3) is 0 Å². The number of imidazole rings is 1. The van der Waals surface area contributed by atoms with Gasteiger partial charge in [0.25, 0.3) is 0 Å². The topological polar surface area (TPSA) is 70.8 Å². The van der Waals surface area contributed by atoms with Gasteiger partial charge in [-0.3, -0.25) is 4.90 Å². The van der Waals surface area contributed by atoms with Gasteiger partial charge in [0, 0.05) is 18.9 Å². The molecule has 1 aliphatic heterocycles. The SMILES string of the molecule is CCCCc1nc(Cl)c(CN2CCC[C@H]2c2nc(C(C)C)no2)[nH]1. The molecular formula is C17H26ClN5O. The summed E-state index contributed by atoms with van der Waals surface area (Å²) in [6, 6.07) is 0.170. The monoisotopic (exact) mass is 351 g/mol. The van der Waals surface area contributed by atoms with Gasteiger partial charge in [-0.1, -0.05) is 43.9 Å². The molecule has 0 spiro atoms. The maximum atomic E-state index is 6.32. The van der Waals surface area contributed by atoms with Crippen molar-refractivity contribution in [3.8, 4) is 0 Å². The van der Waals surface area contributed by atoms with Crippen molar-refractivity contribution in [2.24, 2.45) is 0 Å². The van der Waals surface area contributed by atoms with E-state index in [2.05, 4.69) is 45.8 Å². The molecule has 0 aromatic carbocycles. The highest BCUT2D eigenvalue weighted by molar-refractivity contribution is 6.30. The average Bonchev–Trinajstić information content (AvgIpc) is 3.26. The van der Waals surface area contributed by atoms with Crippen molar-refractivity contribution in [3.63, 3.8) is 0 Å². The maximum absolute atomic E-state index is 6.32. The summed E-state index contributed by atoms with van der Waals surface area (Å²) in [7, 11) is 0. The Morgan fingerprint density at radius 2 is 2.21 bits per heavy atom. The lowest BCUT2D eigenvalue weighted by molar-refractivity contribution is 0.199. The van der Waals surface area contributed by atoms with Gasteiger partial charge < -0.3 is 9.51 Å². The standard InChI is InChI=1S/C17H26ClN5O/c1-4-5-8-14-19-12(15(18)20-14)10-23-9-6-7-13(23)17-21-16(11(2)3)22-24-17/h11,13H,4-10H2,1-3H3,(H,19,20)/t13-/m0/s1. The number of hydrogen-bond acceptors (Lipinski definition) is 5. The number of rotatable bonds is 7. The Kier molecular flexibility index (Phi) is 5.56. The largest absolute Gasteiger partial charge is 0.344 e. The molecule has 2 aromatic heterocycles. The summed E-state index contributed by atoms with van der Waals surface area (Å²) in [4.78, 5) is 14.8. The third-order valence-corrected chi connectivity index (χ3v) is 4.84. The summed E-state index contributed by atoms with van der Waals surface area (Å²) in [6.07, 6.45) is 5.38. The summed E-state index contributed by atoms with van der Waals surface area (Å²) in [5.74, 6) is 2.75. The molecule has 7 heteroatoms. The van der Waals surface area contributed by atoms with Crippen LogP contribution >= 0.6 is 11.6 Å². The fourth-order valence-corrected chi connectivity index (χ4v) is 3.33. The van der Waals surface area contributed by atoms with Crippen LogP contribution in [0.15, 0.2) is 4.52 Å². The predicted molar refractivity (Wildman–Crippen MR) is 93.0 cm³/mol. The van der Waals surface area contributed by atoms with Gasteiger partial charge in [-0.15, -0.1) is 0 Å². The molecular weight excluding hydrogens is 326 g/mol. The Morgan fingerprint density at radius 3 is 2.92 bits per heavy atom. The number of hydrogen-bond donors (Lipinski definition) is 1. The van der Waals surface area contributed by atoms with E-state index in [1.165, 1.54) is 0 Å². The number of likely N-dealkylation sites (tertiary alicyclic amines) is 1. The lowest BCUT2D eigenvalue weighted by Crippen LogP contribution is -2.23. The van der Waals surface area contributed by atoms with Crippen molar-refractivity contribution >= 4 is 11.6 Å². The molecule has 132 valence electrons. The van der Waals surface area contributed by atoms with E-state index < -0.39 is 0 Å². The smallest absolute Gasteiger partial charge is 0.244 e. The molecule has 1 fully saturated rings. The van der Waals surface area contributed by atoms with E-state index in [9.17, 15) is 0 Å². The normalized spacial score (nSPS) is 18.8. The van der Waals surface area contributed by atoms with Gasteiger partial charge >= 0.3 is 0 Å². The van der Waals surface area contributed by atoms with Crippen LogP contribution in [0.5, 0.6) is 0 Å². The number of aromatic nitrogens is 4. The average molecular weight is 352 g/mol. The van der Waals surface area contributed by atoms with E-state index in [-0.39, 0.29) is 12.0 Å². The Labute approximate surface area is 148 Å². The molecule has 24 heavy (non-hydrogen) atoms. The fourth-order valence-electron chi connectivity index (χ4n) is 3.12. The van der Waals surface area contributed by atoms with E-state index in [0.29, 0.717) is 5.15 Å². The molecule has 3 heterocycles. The first-order chi connectivity index (χ1) is 11.6. The summed E-state index contributed by atoms with van der Waals surface area (Å²) >= 11 is 6.32. The first-order valence-electron chi connectivity index (χ1n) is 8.89. The van der Waals surface area contributed by atoms with E-state index in [1.54, 1.807) is 0 Å². The van der Waals surface area contributed by atoms with Crippen molar-refractivity contribution < 1.29 is 4.52 Å². The van der Waals surface area contributed by atoms with Crippen LogP contribution in [0.4, 0.5) is 0 Å². The minimum absolute atomic E-state index is 0.170. The van der Waals surface area contributed by atoms with Gasteiger partial charge in [-0.25, -0.2) is 4.98 Å². The van der Waals surface area contributed by atoms with Crippen molar-refractivity contribution in [1.29, 1.82) is 0 Å². The maximum Gasteiger partial charge on any atom is 0.244 e. The van der Waals surface area contributed by atoms with Crippen molar-refractivity contribution in [2.45, 2.75) is 71.4 Å². The fraction of sp³-hybridized carbons (Fsp3) is 0.706. The highest BCUT2D eigenvalue weighted by Crippen LogP contribution is 2.33. The lowest BCUT2D eigenvalue weighted by atomic mass is 10.2. The van der Waals surface area contributed by atoms with Crippen LogP contribution in [-0.2, 0) is 13.0 Å². The second-order valence-electron chi connectivity index (χ2n) is 6.83. The summed E-state index contributed by atoms with van der Waals surface area (Å²) in [5, 5.41) is 4.68. The van der Waals surface area contributed by atoms with Crippen LogP contribution in [0.2, 0.25) is 5.15 Å². The van der Waals surface area contributed by atoms with E-state index in [4.69, 9.17) is 16.1 Å². The predicted octanol–water partition coefficient (Wildman–Crippen LogP) is 4.25. The molecule has 1 atom stereocenters. The molecule has 6 nitrogen and oxygen atoms in total. The Balaban J connectivity index is 1.70. The highest BCUT2D eigenvalue weighted by Gasteiger charge is 2.31. The molecule has 0 aliphatic carbocycles. The molecule has 3 rings (SSSR count). The molecule has 0 saturated carbocycles. The van der Waals surface area contributed by atoms with Gasteiger partial charge in [-0.2, -0.15) is 4.98 Å². The van der Waals surface area contributed by atoms with Gasteiger partial charge in [0.1, 0.15) is 5.82 Å². The van der Waals surface area contributed by atoms with Crippen LogP contribution in [0.3, 0.4) is 0 Å². The molecule has 0 radical (unpaired) electrons. The quantitative estimate of drug-likeness (QED) is 0.807. The van der Waals surface area contributed by atoms with Gasteiger partial charge in [0.15, 0.2) is 11.0 Å². The minimum Gasteiger partial charge on any atom is -0.344 e. The Hall–Kier alpha value is -1.40. The number of H-pyrrole nitrogens is 1. The number of unbranched alkanes of at least 4 members (excludes halogenated alkanes) is 1. The van der Waals surface area contributed by atoms with Gasteiger partial charge in [0.05, 0.1) is 11.7 Å². The van der Waals surface area contributed by atoms with E-state index in [1.807, 2.05) is 0 Å². The van der Waals surface area contributed by atoms with Crippen molar-refractivity contribution in [2.75, 3.05) is 6.54 Å². The van der Waals surface area contributed by atoms with Crippen LogP contribution in [0.1, 0.15) is 81.6 Å². The molecule has 1 N–H and O–H groups in total. The molecule has 1 saturated heterocycles. The Morgan fingerprint density at radius 1 is 1.38 bits per heavy atom. The van der Waals surface area contributed by atoms with Crippen LogP contribution < -0.4 is 0 Å². The first kappa shape index (κ1) is 17.4. The lowest BCUT2D eigenvalue weighted by Gasteiger charge is -2.20. The second kappa shape index (κ2) is 7.66. The number of aromatic amines is 1. The third-order valence-electron chi connectivity index (χ3n) is 4.53. The zero-order chi connectivity index (χ0) is 17.1. The van der Waals surface area contributed by atoms with Crippen LogP contribution in [0, 0.1) is 0 Å². The van der Waals surface area contributed by atoms with Crippen LogP contribution in [-0.4, -0.2) is 31.6 Å². The zero-order valence-corrected chi connectivity index (χ0v) is 15.4. The number of nitrogens with zero attached hydrogens (tertiary/aromatic N) is 4.